The SMILES string of the molecule is Fc1ccc(C2CN(Cc3[nH]ncc3Br)CCO2)cc1Cl. The third kappa shape index (κ3) is 3.45. The van der Waals surface area contributed by atoms with E-state index < -0.39 is 5.82 Å². The number of morpholine rings is 1. The van der Waals surface area contributed by atoms with E-state index in [1.165, 1.54) is 6.07 Å². The van der Waals surface area contributed by atoms with Crippen LogP contribution in [-0.2, 0) is 11.3 Å². The van der Waals surface area contributed by atoms with E-state index in [2.05, 4.69) is 31.0 Å². The standard InChI is InChI=1S/C14H14BrClFN3O/c15-10-6-18-19-13(10)7-20-3-4-21-14(8-20)9-1-2-12(17)11(16)5-9/h1-2,5-6,14H,3-4,7-8H2,(H,18,19). The molecule has 0 amide bonds. The normalized spacial score (nSPS) is 19.9. The van der Waals surface area contributed by atoms with E-state index in [9.17, 15) is 4.39 Å². The minimum atomic E-state index is -0.408. The molecule has 1 atom stereocenters. The summed E-state index contributed by atoms with van der Waals surface area (Å²) in [5, 5.41) is 7.10. The minimum Gasteiger partial charge on any atom is -0.371 e. The highest BCUT2D eigenvalue weighted by molar-refractivity contribution is 9.10. The van der Waals surface area contributed by atoms with Gasteiger partial charge in [0.05, 0.1) is 34.1 Å². The van der Waals surface area contributed by atoms with Crippen LogP contribution in [0.3, 0.4) is 0 Å². The highest BCUT2D eigenvalue weighted by Gasteiger charge is 2.23. The highest BCUT2D eigenvalue weighted by Crippen LogP contribution is 2.27. The average molecular weight is 375 g/mol. The van der Waals surface area contributed by atoms with Gasteiger partial charge in [-0.2, -0.15) is 5.10 Å². The molecule has 3 rings (SSSR count). The predicted molar refractivity (Wildman–Crippen MR) is 81.7 cm³/mol. The number of ether oxygens (including phenoxy) is 1. The van der Waals surface area contributed by atoms with Gasteiger partial charge in [-0.25, -0.2) is 4.39 Å². The maximum Gasteiger partial charge on any atom is 0.141 e. The van der Waals surface area contributed by atoms with Crippen LogP contribution in [0.1, 0.15) is 17.4 Å². The first-order valence-electron chi connectivity index (χ1n) is 6.60. The Bertz CT molecular complexity index is 636. The zero-order valence-corrected chi connectivity index (χ0v) is 13.5. The molecule has 4 nitrogen and oxygen atoms in total. The summed E-state index contributed by atoms with van der Waals surface area (Å²) in [6.07, 6.45) is 1.64. The summed E-state index contributed by atoms with van der Waals surface area (Å²) < 4.78 is 20.0. The van der Waals surface area contributed by atoms with Crippen molar-refractivity contribution in [3.8, 4) is 0 Å². The Kier molecular flexibility index (Phi) is 4.59. The lowest BCUT2D eigenvalue weighted by molar-refractivity contribution is -0.0333. The molecule has 0 saturated carbocycles. The second kappa shape index (κ2) is 6.44. The first kappa shape index (κ1) is 15.0. The number of halogens is 3. The van der Waals surface area contributed by atoms with E-state index in [-0.39, 0.29) is 11.1 Å². The predicted octanol–water partition coefficient (Wildman–Crippen LogP) is 3.54. The lowest BCUT2D eigenvalue weighted by Gasteiger charge is -2.33. The number of hydrogen-bond acceptors (Lipinski definition) is 3. The van der Waals surface area contributed by atoms with Gasteiger partial charge in [0.1, 0.15) is 5.82 Å². The van der Waals surface area contributed by atoms with Crippen LogP contribution < -0.4 is 0 Å². The average Bonchev–Trinajstić information content (AvgIpc) is 2.88. The fourth-order valence-corrected chi connectivity index (χ4v) is 2.90. The molecule has 21 heavy (non-hydrogen) atoms. The Labute approximate surface area is 135 Å². The number of H-pyrrole nitrogens is 1. The van der Waals surface area contributed by atoms with Crippen molar-refractivity contribution in [3.63, 3.8) is 0 Å². The Balaban J connectivity index is 1.70. The molecule has 1 fully saturated rings. The van der Waals surface area contributed by atoms with Crippen LogP contribution in [0, 0.1) is 5.82 Å². The highest BCUT2D eigenvalue weighted by atomic mass is 79.9. The Hall–Kier alpha value is -0.950. The summed E-state index contributed by atoms with van der Waals surface area (Å²) in [5.74, 6) is -0.408. The Morgan fingerprint density at radius 1 is 1.52 bits per heavy atom. The molecule has 0 radical (unpaired) electrons. The Morgan fingerprint density at radius 2 is 2.38 bits per heavy atom. The fraction of sp³-hybridized carbons (Fsp3) is 0.357. The molecule has 112 valence electrons. The molecule has 0 spiro atoms. The topological polar surface area (TPSA) is 41.2 Å². The molecular formula is C14H14BrClFN3O. The van der Waals surface area contributed by atoms with Gasteiger partial charge in [0.15, 0.2) is 0 Å². The lowest BCUT2D eigenvalue weighted by Crippen LogP contribution is -2.38. The van der Waals surface area contributed by atoms with Crippen LogP contribution in [0.15, 0.2) is 28.9 Å². The number of rotatable bonds is 3. The summed E-state index contributed by atoms with van der Waals surface area (Å²) in [4.78, 5) is 2.27. The van der Waals surface area contributed by atoms with Crippen LogP contribution >= 0.6 is 27.5 Å². The third-order valence-corrected chi connectivity index (χ3v) is 4.49. The molecule has 0 aliphatic carbocycles. The minimum absolute atomic E-state index is 0.0986. The molecule has 0 bridgehead atoms. The van der Waals surface area contributed by atoms with Crippen molar-refractivity contribution in [3.05, 3.63) is 51.0 Å². The third-order valence-electron chi connectivity index (χ3n) is 3.51. The van der Waals surface area contributed by atoms with Crippen molar-refractivity contribution in [1.82, 2.24) is 15.1 Å². The first-order valence-corrected chi connectivity index (χ1v) is 7.77. The van der Waals surface area contributed by atoms with Crippen molar-refractivity contribution in [2.24, 2.45) is 0 Å². The van der Waals surface area contributed by atoms with E-state index >= 15 is 0 Å². The van der Waals surface area contributed by atoms with E-state index in [4.69, 9.17) is 16.3 Å². The number of aromatic amines is 1. The zero-order valence-electron chi connectivity index (χ0n) is 11.2. The van der Waals surface area contributed by atoms with E-state index in [0.29, 0.717) is 6.61 Å². The number of benzene rings is 1. The van der Waals surface area contributed by atoms with Crippen molar-refractivity contribution in [2.75, 3.05) is 19.7 Å². The maximum atomic E-state index is 13.2. The second-order valence-corrected chi connectivity index (χ2v) is 6.23. The summed E-state index contributed by atoms with van der Waals surface area (Å²) in [5.41, 5.74) is 1.93. The molecule has 2 aromatic rings. The summed E-state index contributed by atoms with van der Waals surface area (Å²) in [6, 6.07) is 4.74. The Morgan fingerprint density at radius 3 is 3.10 bits per heavy atom. The molecule has 7 heteroatoms. The van der Waals surface area contributed by atoms with Gasteiger partial charge in [-0.05, 0) is 33.6 Å². The molecule has 1 saturated heterocycles. The maximum absolute atomic E-state index is 13.2. The summed E-state index contributed by atoms with van der Waals surface area (Å²) in [6.45, 7) is 2.96. The van der Waals surface area contributed by atoms with Crippen molar-refractivity contribution in [2.45, 2.75) is 12.6 Å². The van der Waals surface area contributed by atoms with Crippen molar-refractivity contribution >= 4 is 27.5 Å². The van der Waals surface area contributed by atoms with Crippen molar-refractivity contribution in [1.29, 1.82) is 0 Å². The van der Waals surface area contributed by atoms with E-state index in [1.807, 2.05) is 0 Å². The van der Waals surface area contributed by atoms with Gasteiger partial charge in [0.25, 0.3) is 0 Å². The van der Waals surface area contributed by atoms with Gasteiger partial charge >= 0.3 is 0 Å². The number of aromatic nitrogens is 2. The van der Waals surface area contributed by atoms with E-state index in [0.717, 1.165) is 35.4 Å². The van der Waals surface area contributed by atoms with Crippen LogP contribution in [-0.4, -0.2) is 34.8 Å². The first-order chi connectivity index (χ1) is 10.1. The van der Waals surface area contributed by atoms with Gasteiger partial charge in [-0.15, -0.1) is 0 Å². The largest absolute Gasteiger partial charge is 0.371 e. The smallest absolute Gasteiger partial charge is 0.141 e. The summed E-state index contributed by atoms with van der Waals surface area (Å²) >= 11 is 9.30. The number of nitrogens with one attached hydrogen (secondary N) is 1. The van der Waals surface area contributed by atoms with Gasteiger partial charge in [-0.3, -0.25) is 10.00 Å². The van der Waals surface area contributed by atoms with Gasteiger partial charge < -0.3 is 4.74 Å². The molecule has 2 heterocycles. The molecule has 1 aliphatic rings. The van der Waals surface area contributed by atoms with Crippen LogP contribution in [0.5, 0.6) is 0 Å². The molecule has 1 aromatic carbocycles. The molecule has 1 N–H and O–H groups in total. The number of hydrogen-bond donors (Lipinski definition) is 1. The van der Waals surface area contributed by atoms with Crippen LogP contribution in [0.4, 0.5) is 4.39 Å². The molecule has 1 unspecified atom stereocenters. The monoisotopic (exact) mass is 373 g/mol. The molecular weight excluding hydrogens is 361 g/mol. The van der Waals surface area contributed by atoms with Gasteiger partial charge in [-0.1, -0.05) is 17.7 Å². The van der Waals surface area contributed by atoms with Crippen LogP contribution in [0.2, 0.25) is 5.02 Å². The summed E-state index contributed by atoms with van der Waals surface area (Å²) in [7, 11) is 0. The van der Waals surface area contributed by atoms with Crippen LogP contribution in [0.25, 0.3) is 0 Å². The van der Waals surface area contributed by atoms with E-state index in [1.54, 1.807) is 18.3 Å². The molecule has 1 aliphatic heterocycles. The van der Waals surface area contributed by atoms with Gasteiger partial charge in [0.2, 0.25) is 0 Å². The van der Waals surface area contributed by atoms with Crippen molar-refractivity contribution < 1.29 is 9.13 Å². The fourth-order valence-electron chi connectivity index (χ4n) is 2.39. The number of nitrogens with zero attached hydrogens (tertiary/aromatic N) is 2. The quantitative estimate of drug-likeness (QED) is 0.893. The molecule has 1 aromatic heterocycles. The second-order valence-electron chi connectivity index (χ2n) is 4.96. The van der Waals surface area contributed by atoms with Gasteiger partial charge in [0, 0.05) is 19.6 Å². The zero-order chi connectivity index (χ0) is 14.8. The lowest BCUT2D eigenvalue weighted by atomic mass is 10.1.